The molecule has 0 spiro atoms. The molecule has 0 unspecified atom stereocenters. The van der Waals surface area contributed by atoms with Crippen molar-refractivity contribution in [3.05, 3.63) is 29.3 Å². The van der Waals surface area contributed by atoms with E-state index in [0.29, 0.717) is 18.1 Å². The lowest BCUT2D eigenvalue weighted by molar-refractivity contribution is 0.0942. The van der Waals surface area contributed by atoms with Crippen LogP contribution in [-0.2, 0) is 13.6 Å². The number of rotatable bonds is 3. The Bertz CT molecular complexity index is 543. The molecule has 2 heterocycles. The van der Waals surface area contributed by atoms with Crippen molar-refractivity contribution in [2.45, 2.75) is 13.5 Å². The highest BCUT2D eigenvalue weighted by Gasteiger charge is 2.12. The fraction of sp³-hybridized carbons (Fsp3) is 0.300. The van der Waals surface area contributed by atoms with E-state index in [2.05, 4.69) is 15.6 Å². The molecule has 2 aromatic rings. The van der Waals surface area contributed by atoms with Crippen molar-refractivity contribution in [2.24, 2.45) is 7.05 Å². The summed E-state index contributed by atoms with van der Waals surface area (Å²) in [6, 6.07) is 1.57. The highest BCUT2D eigenvalue weighted by Crippen LogP contribution is 2.09. The van der Waals surface area contributed by atoms with Crippen molar-refractivity contribution in [3.8, 4) is 0 Å². The first kappa shape index (κ1) is 11.2. The molecule has 0 aromatic carbocycles. The van der Waals surface area contributed by atoms with Gasteiger partial charge in [0.2, 0.25) is 0 Å². The maximum atomic E-state index is 11.6. The number of nitrogens with two attached hydrogens (primary N) is 1. The molecule has 0 bridgehead atoms. The van der Waals surface area contributed by atoms with Crippen LogP contribution in [0.15, 0.2) is 16.8 Å². The Morgan fingerprint density at radius 1 is 1.65 bits per heavy atom. The Hall–Kier alpha value is -2.31. The van der Waals surface area contributed by atoms with E-state index >= 15 is 0 Å². The van der Waals surface area contributed by atoms with Crippen LogP contribution in [0.4, 0.5) is 5.82 Å². The van der Waals surface area contributed by atoms with Crippen LogP contribution in [0.3, 0.4) is 0 Å². The van der Waals surface area contributed by atoms with E-state index in [0.717, 1.165) is 5.56 Å². The number of carbonyl (C=O) groups excluding carboxylic acids is 1. The van der Waals surface area contributed by atoms with E-state index in [1.807, 2.05) is 0 Å². The standard InChI is InChI=1S/C10H13N5O2/c1-6-3-8(14-17-6)10(16)12-4-7-5-13-15(2)9(7)11/h3,5H,4,11H2,1-2H3,(H,12,16). The normalized spacial score (nSPS) is 10.5. The largest absolute Gasteiger partial charge is 0.384 e. The first-order valence-corrected chi connectivity index (χ1v) is 5.06. The van der Waals surface area contributed by atoms with E-state index in [-0.39, 0.29) is 11.6 Å². The van der Waals surface area contributed by atoms with E-state index < -0.39 is 0 Å². The van der Waals surface area contributed by atoms with Crippen LogP contribution >= 0.6 is 0 Å². The molecular formula is C10H13N5O2. The second-order valence-corrected chi connectivity index (χ2v) is 3.68. The maximum absolute atomic E-state index is 11.6. The quantitative estimate of drug-likeness (QED) is 0.793. The molecule has 0 aliphatic carbocycles. The second-order valence-electron chi connectivity index (χ2n) is 3.68. The van der Waals surface area contributed by atoms with Crippen LogP contribution in [0, 0.1) is 6.92 Å². The van der Waals surface area contributed by atoms with Gasteiger partial charge in [-0.3, -0.25) is 9.48 Å². The fourth-order valence-electron chi connectivity index (χ4n) is 1.37. The molecule has 1 amide bonds. The number of anilines is 1. The summed E-state index contributed by atoms with van der Waals surface area (Å²) in [5.74, 6) is 0.822. The van der Waals surface area contributed by atoms with Crippen molar-refractivity contribution < 1.29 is 9.32 Å². The number of nitrogen functional groups attached to an aromatic ring is 1. The zero-order chi connectivity index (χ0) is 12.4. The van der Waals surface area contributed by atoms with Gasteiger partial charge in [0, 0.05) is 25.2 Å². The number of aryl methyl sites for hydroxylation is 2. The fourth-order valence-corrected chi connectivity index (χ4v) is 1.37. The first-order chi connectivity index (χ1) is 8.08. The van der Waals surface area contributed by atoms with Gasteiger partial charge in [-0.1, -0.05) is 5.16 Å². The molecule has 0 aliphatic heterocycles. The summed E-state index contributed by atoms with van der Waals surface area (Å²) in [7, 11) is 1.74. The Morgan fingerprint density at radius 3 is 2.94 bits per heavy atom. The molecule has 2 rings (SSSR count). The van der Waals surface area contributed by atoms with Gasteiger partial charge >= 0.3 is 0 Å². The summed E-state index contributed by atoms with van der Waals surface area (Å²) >= 11 is 0. The minimum Gasteiger partial charge on any atom is -0.384 e. The van der Waals surface area contributed by atoms with Gasteiger partial charge in [0.05, 0.1) is 6.20 Å². The molecule has 0 radical (unpaired) electrons. The Labute approximate surface area is 97.6 Å². The lowest BCUT2D eigenvalue weighted by atomic mass is 10.3. The second kappa shape index (κ2) is 4.28. The van der Waals surface area contributed by atoms with E-state index in [1.165, 1.54) is 0 Å². The molecule has 0 atom stereocenters. The van der Waals surface area contributed by atoms with Crippen molar-refractivity contribution in [2.75, 3.05) is 5.73 Å². The van der Waals surface area contributed by atoms with Crippen molar-refractivity contribution >= 4 is 11.7 Å². The van der Waals surface area contributed by atoms with E-state index in [1.54, 1.807) is 30.9 Å². The summed E-state index contributed by atoms with van der Waals surface area (Å²) in [5.41, 5.74) is 6.77. The summed E-state index contributed by atoms with van der Waals surface area (Å²) in [4.78, 5) is 11.6. The summed E-state index contributed by atoms with van der Waals surface area (Å²) in [6.07, 6.45) is 1.61. The number of hydrogen-bond acceptors (Lipinski definition) is 5. The third-order valence-electron chi connectivity index (χ3n) is 2.36. The van der Waals surface area contributed by atoms with Crippen LogP contribution in [-0.4, -0.2) is 20.8 Å². The smallest absolute Gasteiger partial charge is 0.273 e. The maximum Gasteiger partial charge on any atom is 0.273 e. The van der Waals surface area contributed by atoms with Gasteiger partial charge < -0.3 is 15.6 Å². The molecule has 7 nitrogen and oxygen atoms in total. The van der Waals surface area contributed by atoms with Gasteiger partial charge in [-0.25, -0.2) is 0 Å². The molecule has 7 heteroatoms. The zero-order valence-electron chi connectivity index (χ0n) is 9.60. The topological polar surface area (TPSA) is 99.0 Å². The minimum absolute atomic E-state index is 0.255. The third kappa shape index (κ3) is 2.27. The van der Waals surface area contributed by atoms with Crippen LogP contribution in [0.1, 0.15) is 21.8 Å². The molecule has 90 valence electrons. The molecule has 0 fully saturated rings. The molecule has 0 saturated heterocycles. The van der Waals surface area contributed by atoms with Gasteiger partial charge in [0.25, 0.3) is 5.91 Å². The molecule has 0 saturated carbocycles. The summed E-state index contributed by atoms with van der Waals surface area (Å²) in [5, 5.41) is 10.3. The van der Waals surface area contributed by atoms with Crippen molar-refractivity contribution in [3.63, 3.8) is 0 Å². The predicted molar refractivity (Wildman–Crippen MR) is 60.0 cm³/mol. The minimum atomic E-state index is -0.301. The number of nitrogens with zero attached hydrogens (tertiary/aromatic N) is 3. The molecule has 3 N–H and O–H groups in total. The molecule has 2 aromatic heterocycles. The van der Waals surface area contributed by atoms with Crippen LogP contribution in [0.2, 0.25) is 0 Å². The first-order valence-electron chi connectivity index (χ1n) is 5.06. The third-order valence-corrected chi connectivity index (χ3v) is 2.36. The monoisotopic (exact) mass is 235 g/mol. The lowest BCUT2D eigenvalue weighted by Crippen LogP contribution is -2.23. The average molecular weight is 235 g/mol. The average Bonchev–Trinajstić information content (AvgIpc) is 2.86. The summed E-state index contributed by atoms with van der Waals surface area (Å²) < 4.78 is 6.36. The molecule has 17 heavy (non-hydrogen) atoms. The highest BCUT2D eigenvalue weighted by molar-refractivity contribution is 5.92. The SMILES string of the molecule is Cc1cc(C(=O)NCc2cnn(C)c2N)no1. The van der Waals surface area contributed by atoms with E-state index in [9.17, 15) is 4.79 Å². The molecule has 0 aliphatic rings. The number of nitrogens with one attached hydrogen (secondary N) is 1. The van der Waals surface area contributed by atoms with Gasteiger partial charge in [-0.15, -0.1) is 0 Å². The van der Waals surface area contributed by atoms with Crippen LogP contribution in [0.25, 0.3) is 0 Å². The van der Waals surface area contributed by atoms with Gasteiger partial charge in [-0.2, -0.15) is 5.10 Å². The Kier molecular flexibility index (Phi) is 2.82. The number of carbonyl (C=O) groups is 1. The van der Waals surface area contributed by atoms with Crippen LogP contribution in [0.5, 0.6) is 0 Å². The lowest BCUT2D eigenvalue weighted by Gasteiger charge is -2.02. The predicted octanol–water partition coefficient (Wildman–Crippen LogP) is 0.229. The van der Waals surface area contributed by atoms with Crippen LogP contribution < -0.4 is 11.1 Å². The Morgan fingerprint density at radius 2 is 2.41 bits per heavy atom. The van der Waals surface area contributed by atoms with E-state index in [4.69, 9.17) is 10.3 Å². The number of hydrogen-bond donors (Lipinski definition) is 2. The zero-order valence-corrected chi connectivity index (χ0v) is 9.60. The summed E-state index contributed by atoms with van der Waals surface area (Å²) in [6.45, 7) is 2.04. The van der Waals surface area contributed by atoms with Gasteiger partial charge in [0.1, 0.15) is 11.6 Å². The van der Waals surface area contributed by atoms with Gasteiger partial charge in [-0.05, 0) is 6.92 Å². The number of amides is 1. The van der Waals surface area contributed by atoms with Gasteiger partial charge in [0.15, 0.2) is 5.69 Å². The number of aromatic nitrogens is 3. The Balaban J connectivity index is 1.99. The highest BCUT2D eigenvalue weighted by atomic mass is 16.5. The molecular weight excluding hydrogens is 222 g/mol. The van der Waals surface area contributed by atoms with Crippen molar-refractivity contribution in [1.29, 1.82) is 0 Å². The van der Waals surface area contributed by atoms with Crippen molar-refractivity contribution in [1.82, 2.24) is 20.3 Å².